The fourth-order valence-corrected chi connectivity index (χ4v) is 1.95. The van der Waals surface area contributed by atoms with Crippen LogP contribution in [0.1, 0.15) is 32.8 Å². The maximum absolute atomic E-state index is 12.2. The van der Waals surface area contributed by atoms with Gasteiger partial charge in [0.05, 0.1) is 6.04 Å². The summed E-state index contributed by atoms with van der Waals surface area (Å²) in [7, 11) is 0. The number of rotatable bonds is 5. The number of nitrogens with two attached hydrogens (primary N) is 1. The number of carbonyl (C=O) groups is 1. The fourth-order valence-electron chi connectivity index (χ4n) is 1.73. The van der Waals surface area contributed by atoms with E-state index >= 15 is 0 Å². The topological polar surface area (TPSA) is 46.3 Å². The standard InChI is InChI=1S/C14H21ClN2O/c1-4-13(16)14(18)17(10(2)3)9-11-6-5-7-12(15)8-11/h5-8,10,13H,4,9,16H2,1-3H3/t13-/m0/s1. The summed E-state index contributed by atoms with van der Waals surface area (Å²) in [6.45, 7) is 6.45. The first-order chi connectivity index (χ1) is 8.45. The first kappa shape index (κ1) is 15.0. The molecule has 0 bridgehead atoms. The lowest BCUT2D eigenvalue weighted by Crippen LogP contribution is -2.46. The normalized spacial score (nSPS) is 12.6. The van der Waals surface area contributed by atoms with Crippen molar-refractivity contribution in [3.05, 3.63) is 34.9 Å². The van der Waals surface area contributed by atoms with Crippen LogP contribution in [0.15, 0.2) is 24.3 Å². The molecule has 0 heterocycles. The van der Waals surface area contributed by atoms with Crippen LogP contribution < -0.4 is 5.73 Å². The van der Waals surface area contributed by atoms with Crippen molar-refractivity contribution in [3.63, 3.8) is 0 Å². The van der Waals surface area contributed by atoms with Gasteiger partial charge in [-0.25, -0.2) is 0 Å². The average Bonchev–Trinajstić information content (AvgIpc) is 2.34. The van der Waals surface area contributed by atoms with Gasteiger partial charge in [-0.05, 0) is 38.0 Å². The van der Waals surface area contributed by atoms with Crippen molar-refractivity contribution in [3.8, 4) is 0 Å². The van der Waals surface area contributed by atoms with Gasteiger partial charge in [0.15, 0.2) is 0 Å². The molecule has 0 aromatic heterocycles. The third-order valence-electron chi connectivity index (χ3n) is 2.91. The molecule has 0 radical (unpaired) electrons. The van der Waals surface area contributed by atoms with Gasteiger partial charge in [-0.2, -0.15) is 0 Å². The lowest BCUT2D eigenvalue weighted by Gasteiger charge is -2.29. The van der Waals surface area contributed by atoms with E-state index in [0.717, 1.165) is 5.56 Å². The molecule has 1 amide bonds. The summed E-state index contributed by atoms with van der Waals surface area (Å²) < 4.78 is 0. The highest BCUT2D eigenvalue weighted by molar-refractivity contribution is 6.30. The van der Waals surface area contributed by atoms with E-state index in [-0.39, 0.29) is 11.9 Å². The molecule has 1 aromatic rings. The Morgan fingerprint density at radius 2 is 2.11 bits per heavy atom. The summed E-state index contributed by atoms with van der Waals surface area (Å²) in [6.07, 6.45) is 0.650. The summed E-state index contributed by atoms with van der Waals surface area (Å²) in [5.41, 5.74) is 6.84. The zero-order chi connectivity index (χ0) is 13.7. The molecule has 100 valence electrons. The summed E-state index contributed by atoms with van der Waals surface area (Å²) in [4.78, 5) is 14.0. The molecule has 0 aliphatic carbocycles. The molecule has 0 saturated carbocycles. The predicted molar refractivity (Wildman–Crippen MR) is 75.4 cm³/mol. The van der Waals surface area contributed by atoms with Gasteiger partial charge in [-0.3, -0.25) is 4.79 Å². The van der Waals surface area contributed by atoms with Crippen molar-refractivity contribution >= 4 is 17.5 Å². The number of nitrogens with zero attached hydrogens (tertiary/aromatic N) is 1. The van der Waals surface area contributed by atoms with E-state index in [1.165, 1.54) is 0 Å². The summed E-state index contributed by atoms with van der Waals surface area (Å²) >= 11 is 5.95. The maximum Gasteiger partial charge on any atom is 0.240 e. The molecule has 18 heavy (non-hydrogen) atoms. The zero-order valence-electron chi connectivity index (χ0n) is 11.2. The largest absolute Gasteiger partial charge is 0.335 e. The van der Waals surface area contributed by atoms with Crippen LogP contribution in [0.2, 0.25) is 5.02 Å². The van der Waals surface area contributed by atoms with Gasteiger partial charge in [0.25, 0.3) is 0 Å². The Labute approximate surface area is 114 Å². The third-order valence-corrected chi connectivity index (χ3v) is 3.14. The fraction of sp³-hybridized carbons (Fsp3) is 0.500. The Morgan fingerprint density at radius 1 is 1.44 bits per heavy atom. The number of hydrogen-bond acceptors (Lipinski definition) is 2. The van der Waals surface area contributed by atoms with Crippen LogP contribution >= 0.6 is 11.6 Å². The van der Waals surface area contributed by atoms with E-state index < -0.39 is 6.04 Å². The summed E-state index contributed by atoms with van der Waals surface area (Å²) in [5, 5.41) is 0.684. The van der Waals surface area contributed by atoms with Crippen molar-refractivity contribution in [1.82, 2.24) is 4.90 Å². The van der Waals surface area contributed by atoms with Crippen LogP contribution in [-0.4, -0.2) is 22.9 Å². The Kier molecular flexibility index (Phi) is 5.63. The van der Waals surface area contributed by atoms with E-state index in [4.69, 9.17) is 17.3 Å². The Balaban J connectivity index is 2.84. The van der Waals surface area contributed by atoms with Crippen LogP contribution in [0, 0.1) is 0 Å². The second-order valence-electron chi connectivity index (χ2n) is 4.70. The lowest BCUT2D eigenvalue weighted by atomic mass is 10.1. The first-order valence-corrected chi connectivity index (χ1v) is 6.64. The number of carbonyl (C=O) groups excluding carboxylic acids is 1. The SMILES string of the molecule is CC[C@H](N)C(=O)N(Cc1cccc(Cl)c1)C(C)C. The highest BCUT2D eigenvalue weighted by atomic mass is 35.5. The number of hydrogen-bond donors (Lipinski definition) is 1. The molecule has 1 aromatic carbocycles. The first-order valence-electron chi connectivity index (χ1n) is 6.26. The Bertz CT molecular complexity index is 407. The smallest absolute Gasteiger partial charge is 0.240 e. The molecule has 2 N–H and O–H groups in total. The van der Waals surface area contributed by atoms with Crippen molar-refractivity contribution in [1.29, 1.82) is 0 Å². The molecule has 0 unspecified atom stereocenters. The average molecular weight is 269 g/mol. The summed E-state index contributed by atoms with van der Waals surface area (Å²) in [5.74, 6) is -0.00697. The van der Waals surface area contributed by atoms with Crippen LogP contribution in [0.4, 0.5) is 0 Å². The van der Waals surface area contributed by atoms with E-state index in [1.807, 2.05) is 45.0 Å². The summed E-state index contributed by atoms with van der Waals surface area (Å²) in [6, 6.07) is 7.25. The van der Waals surface area contributed by atoms with E-state index in [0.29, 0.717) is 18.0 Å². The zero-order valence-corrected chi connectivity index (χ0v) is 11.9. The van der Waals surface area contributed by atoms with Gasteiger partial charge in [-0.15, -0.1) is 0 Å². The molecular weight excluding hydrogens is 248 g/mol. The number of amides is 1. The molecule has 0 fully saturated rings. The number of halogens is 1. The van der Waals surface area contributed by atoms with Gasteiger partial charge in [-0.1, -0.05) is 30.7 Å². The van der Waals surface area contributed by atoms with Crippen molar-refractivity contribution < 1.29 is 4.79 Å². The minimum Gasteiger partial charge on any atom is -0.335 e. The van der Waals surface area contributed by atoms with Crippen molar-refractivity contribution in [2.75, 3.05) is 0 Å². The second kappa shape index (κ2) is 6.76. The number of benzene rings is 1. The van der Waals surface area contributed by atoms with Gasteiger partial charge in [0.1, 0.15) is 0 Å². The van der Waals surface area contributed by atoms with Gasteiger partial charge < -0.3 is 10.6 Å². The molecule has 0 aliphatic heterocycles. The molecular formula is C14H21ClN2O. The van der Waals surface area contributed by atoms with Crippen LogP contribution in [-0.2, 0) is 11.3 Å². The van der Waals surface area contributed by atoms with E-state index in [2.05, 4.69) is 0 Å². The van der Waals surface area contributed by atoms with Gasteiger partial charge >= 0.3 is 0 Å². The third kappa shape index (κ3) is 4.00. The monoisotopic (exact) mass is 268 g/mol. The second-order valence-corrected chi connectivity index (χ2v) is 5.14. The van der Waals surface area contributed by atoms with Crippen LogP contribution in [0.5, 0.6) is 0 Å². The Hall–Kier alpha value is -1.06. The minimum absolute atomic E-state index is 0.00697. The molecule has 0 spiro atoms. The molecule has 4 heteroatoms. The van der Waals surface area contributed by atoms with Gasteiger partial charge in [0.2, 0.25) is 5.91 Å². The Morgan fingerprint density at radius 3 is 2.61 bits per heavy atom. The van der Waals surface area contributed by atoms with E-state index in [1.54, 1.807) is 4.90 Å². The van der Waals surface area contributed by atoms with E-state index in [9.17, 15) is 4.79 Å². The molecule has 3 nitrogen and oxygen atoms in total. The molecule has 1 atom stereocenters. The van der Waals surface area contributed by atoms with Crippen LogP contribution in [0.25, 0.3) is 0 Å². The van der Waals surface area contributed by atoms with Gasteiger partial charge in [0, 0.05) is 17.6 Å². The molecule has 1 rings (SSSR count). The maximum atomic E-state index is 12.2. The van der Waals surface area contributed by atoms with Crippen molar-refractivity contribution in [2.24, 2.45) is 5.73 Å². The quantitative estimate of drug-likeness (QED) is 0.893. The predicted octanol–water partition coefficient (Wildman–Crippen LogP) is 2.81. The molecule has 0 aliphatic rings. The van der Waals surface area contributed by atoms with Crippen LogP contribution in [0.3, 0.4) is 0 Å². The lowest BCUT2D eigenvalue weighted by molar-refractivity contribution is -0.135. The molecule has 0 saturated heterocycles. The minimum atomic E-state index is -0.424. The highest BCUT2D eigenvalue weighted by Crippen LogP contribution is 2.15. The highest BCUT2D eigenvalue weighted by Gasteiger charge is 2.22. The van der Waals surface area contributed by atoms with Crippen molar-refractivity contribution in [2.45, 2.75) is 45.8 Å².